The summed E-state index contributed by atoms with van der Waals surface area (Å²) in [5, 5.41) is 0. The van der Waals surface area contributed by atoms with Crippen LogP contribution >= 0.6 is 27.3 Å². The smallest absolute Gasteiger partial charge is 0.208 e. The lowest BCUT2D eigenvalue weighted by atomic mass is 10.1. The summed E-state index contributed by atoms with van der Waals surface area (Å²) in [5.41, 5.74) is 0. The molecule has 1 atom stereocenters. The molecule has 3 nitrogen and oxygen atoms in total. The molecule has 104 valence electrons. The van der Waals surface area contributed by atoms with Gasteiger partial charge in [-0.3, -0.25) is 0 Å². The van der Waals surface area contributed by atoms with E-state index in [-0.39, 0.29) is 6.04 Å². The van der Waals surface area contributed by atoms with Crippen LogP contribution in [0.15, 0.2) is 14.7 Å². The Morgan fingerprint density at radius 3 is 2.39 bits per heavy atom. The van der Waals surface area contributed by atoms with Crippen LogP contribution in [0.25, 0.3) is 0 Å². The fourth-order valence-corrected chi connectivity index (χ4v) is 5.36. The molecule has 1 aromatic rings. The molecule has 1 unspecified atom stereocenters. The maximum absolute atomic E-state index is 12.2. The lowest BCUT2D eigenvalue weighted by molar-refractivity contribution is 0.485. The maximum atomic E-state index is 12.2. The topological polar surface area (TPSA) is 46.2 Å². The second-order valence-corrected chi connectivity index (χ2v) is 9.28. The second kappa shape index (κ2) is 6.50. The molecule has 0 aromatic carbocycles. The van der Waals surface area contributed by atoms with Crippen LogP contribution in [0.1, 0.15) is 38.5 Å². The Morgan fingerprint density at radius 2 is 1.94 bits per heavy atom. The number of thiophene rings is 1. The van der Waals surface area contributed by atoms with Gasteiger partial charge in [0.05, 0.1) is 8.68 Å². The van der Waals surface area contributed by atoms with E-state index in [1.165, 1.54) is 11.3 Å². The van der Waals surface area contributed by atoms with Crippen molar-refractivity contribution in [3.8, 4) is 0 Å². The molecular weight excluding hydrogens is 334 g/mol. The second-order valence-electron chi connectivity index (χ2n) is 4.96. The van der Waals surface area contributed by atoms with Crippen LogP contribution in [0.3, 0.4) is 0 Å². The van der Waals surface area contributed by atoms with Crippen LogP contribution in [-0.4, -0.2) is 14.5 Å². The van der Waals surface area contributed by atoms with E-state index in [9.17, 15) is 8.42 Å². The molecule has 0 radical (unpaired) electrons. The van der Waals surface area contributed by atoms with Gasteiger partial charge in [0.25, 0.3) is 0 Å². The summed E-state index contributed by atoms with van der Waals surface area (Å²) in [5.74, 6) is 0.592. The third kappa shape index (κ3) is 4.64. The lowest BCUT2D eigenvalue weighted by Crippen LogP contribution is -2.32. The zero-order valence-corrected chi connectivity index (χ0v) is 14.4. The summed E-state index contributed by atoms with van der Waals surface area (Å²) >= 11 is 4.76. The van der Waals surface area contributed by atoms with Crippen molar-refractivity contribution in [2.75, 3.05) is 0 Å². The van der Waals surface area contributed by atoms with Crippen molar-refractivity contribution in [3.05, 3.63) is 14.7 Å². The van der Waals surface area contributed by atoms with Gasteiger partial charge in [-0.1, -0.05) is 13.8 Å². The van der Waals surface area contributed by atoms with Crippen LogP contribution in [0.5, 0.6) is 0 Å². The van der Waals surface area contributed by atoms with Crippen LogP contribution in [-0.2, 0) is 10.0 Å². The molecule has 0 aliphatic heterocycles. The first-order valence-corrected chi connectivity index (χ1v) is 9.10. The van der Waals surface area contributed by atoms with Gasteiger partial charge in [0.1, 0.15) is 0 Å². The Balaban J connectivity index is 2.73. The minimum atomic E-state index is -3.39. The van der Waals surface area contributed by atoms with Crippen molar-refractivity contribution in [2.45, 2.75) is 51.5 Å². The maximum Gasteiger partial charge on any atom is 0.241 e. The molecule has 0 aliphatic rings. The van der Waals surface area contributed by atoms with E-state index < -0.39 is 10.0 Å². The molecule has 1 aromatic heterocycles. The summed E-state index contributed by atoms with van der Waals surface area (Å²) in [6, 6.07) is 1.63. The van der Waals surface area contributed by atoms with Crippen molar-refractivity contribution in [1.82, 2.24) is 4.72 Å². The number of nitrogens with one attached hydrogen (secondary N) is 1. The highest BCUT2D eigenvalue weighted by molar-refractivity contribution is 9.11. The molecule has 1 heterocycles. The first-order chi connectivity index (χ1) is 8.22. The minimum Gasteiger partial charge on any atom is -0.208 e. The van der Waals surface area contributed by atoms with Gasteiger partial charge in [-0.15, -0.1) is 11.3 Å². The molecule has 0 fully saturated rings. The van der Waals surface area contributed by atoms with E-state index in [0.717, 1.165) is 21.5 Å². The average molecular weight is 354 g/mol. The molecule has 0 amide bonds. The Kier molecular flexibility index (Phi) is 5.83. The summed E-state index contributed by atoms with van der Waals surface area (Å²) in [7, 11) is -3.39. The highest BCUT2D eigenvalue weighted by Gasteiger charge is 2.21. The number of rotatable bonds is 6. The number of hydrogen-bond acceptors (Lipinski definition) is 3. The van der Waals surface area contributed by atoms with E-state index in [4.69, 9.17) is 0 Å². The third-order valence-electron chi connectivity index (χ3n) is 2.67. The molecule has 0 bridgehead atoms. The van der Waals surface area contributed by atoms with Crippen molar-refractivity contribution < 1.29 is 8.42 Å². The van der Waals surface area contributed by atoms with Crippen molar-refractivity contribution in [3.63, 3.8) is 0 Å². The van der Waals surface area contributed by atoms with Gasteiger partial charge < -0.3 is 0 Å². The first kappa shape index (κ1) is 16.1. The van der Waals surface area contributed by atoms with Gasteiger partial charge in [0.15, 0.2) is 0 Å². The summed E-state index contributed by atoms with van der Waals surface area (Å²) in [4.78, 5) is 1.20. The van der Waals surface area contributed by atoms with Crippen LogP contribution < -0.4 is 4.72 Å². The summed E-state index contributed by atoms with van der Waals surface area (Å²) in [6.45, 7) is 8.02. The molecule has 0 aliphatic carbocycles. The number of aryl methyl sites for hydroxylation is 1. The van der Waals surface area contributed by atoms with Gasteiger partial charge in [-0.05, 0) is 54.6 Å². The average Bonchev–Trinajstić information content (AvgIpc) is 2.55. The molecular formula is C12H20BrNO2S2. The monoisotopic (exact) mass is 353 g/mol. The zero-order valence-electron chi connectivity index (χ0n) is 11.2. The van der Waals surface area contributed by atoms with Crippen molar-refractivity contribution >= 4 is 37.3 Å². The molecule has 6 heteroatoms. The van der Waals surface area contributed by atoms with Crippen LogP contribution in [0.2, 0.25) is 0 Å². The third-order valence-corrected chi connectivity index (χ3v) is 6.06. The van der Waals surface area contributed by atoms with Crippen molar-refractivity contribution in [2.24, 2.45) is 5.92 Å². The van der Waals surface area contributed by atoms with E-state index in [1.54, 1.807) is 6.07 Å². The lowest BCUT2D eigenvalue weighted by Gasteiger charge is -2.15. The number of sulfonamides is 1. The minimum absolute atomic E-state index is 0.0320. The van der Waals surface area contributed by atoms with Gasteiger partial charge in [0.2, 0.25) is 10.0 Å². The van der Waals surface area contributed by atoms with E-state index >= 15 is 0 Å². The largest absolute Gasteiger partial charge is 0.241 e. The molecule has 1 rings (SSSR count). The normalized spacial score (nSPS) is 14.1. The predicted molar refractivity (Wildman–Crippen MR) is 80.6 cm³/mol. The SMILES string of the molecule is Cc1sc(Br)cc1S(=O)(=O)NC(C)CCC(C)C. The predicted octanol–water partition coefficient (Wildman–Crippen LogP) is 3.92. The Labute approximate surface area is 122 Å². The Bertz CT molecular complexity index is 494. The van der Waals surface area contributed by atoms with E-state index in [2.05, 4.69) is 34.5 Å². The van der Waals surface area contributed by atoms with Crippen LogP contribution in [0, 0.1) is 12.8 Å². The van der Waals surface area contributed by atoms with Gasteiger partial charge >= 0.3 is 0 Å². The quantitative estimate of drug-likeness (QED) is 0.842. The molecule has 0 saturated carbocycles. The zero-order chi connectivity index (χ0) is 13.9. The van der Waals surface area contributed by atoms with Gasteiger partial charge in [-0.25, -0.2) is 13.1 Å². The molecule has 1 N–H and O–H groups in total. The van der Waals surface area contributed by atoms with E-state index in [0.29, 0.717) is 10.8 Å². The Hall–Kier alpha value is 0.0900. The van der Waals surface area contributed by atoms with Crippen molar-refractivity contribution in [1.29, 1.82) is 0 Å². The molecule has 0 saturated heterocycles. The highest BCUT2D eigenvalue weighted by Crippen LogP contribution is 2.29. The fourth-order valence-electron chi connectivity index (χ4n) is 1.67. The number of halogens is 1. The summed E-state index contributed by atoms with van der Waals surface area (Å²) in [6.07, 6.45) is 1.89. The standard InChI is InChI=1S/C12H20BrNO2S2/c1-8(2)5-6-9(3)14-18(15,16)11-7-12(13)17-10(11)4/h7-9,14H,5-6H2,1-4H3. The number of hydrogen-bond donors (Lipinski definition) is 1. The van der Waals surface area contributed by atoms with Gasteiger partial charge in [-0.2, -0.15) is 0 Å². The van der Waals surface area contributed by atoms with E-state index in [1.807, 2.05) is 13.8 Å². The Morgan fingerprint density at radius 1 is 1.33 bits per heavy atom. The summed E-state index contributed by atoms with van der Waals surface area (Å²) < 4.78 is 28.0. The fraction of sp³-hybridized carbons (Fsp3) is 0.667. The highest BCUT2D eigenvalue weighted by atomic mass is 79.9. The first-order valence-electron chi connectivity index (χ1n) is 6.00. The molecule has 18 heavy (non-hydrogen) atoms. The molecule has 0 spiro atoms. The van der Waals surface area contributed by atoms with Crippen LogP contribution in [0.4, 0.5) is 0 Å². The van der Waals surface area contributed by atoms with Gasteiger partial charge in [0, 0.05) is 10.9 Å².